The number of nitrogens with one attached hydrogen (secondary N) is 2. The van der Waals surface area contributed by atoms with E-state index in [1.165, 1.54) is 12.1 Å². The number of nitro groups is 1. The molecule has 132 valence electrons. The summed E-state index contributed by atoms with van der Waals surface area (Å²) in [6.07, 6.45) is 2.27. The molecule has 2 aromatic rings. The first-order chi connectivity index (χ1) is 12.0. The summed E-state index contributed by atoms with van der Waals surface area (Å²) in [7, 11) is 0. The van der Waals surface area contributed by atoms with Crippen LogP contribution in [0.15, 0.2) is 30.3 Å². The molecule has 0 radical (unpaired) electrons. The number of rotatable bonds is 8. The molecule has 0 spiro atoms. The van der Waals surface area contributed by atoms with Crippen LogP contribution >= 0.6 is 0 Å². The number of aliphatic hydroxyl groups is 1. The molecular formula is C17H21N5O3. The number of benzene rings is 1. The molecule has 3 N–H and O–H groups in total. The minimum Gasteiger partial charge on any atom is -0.394 e. The van der Waals surface area contributed by atoms with Gasteiger partial charge in [-0.3, -0.25) is 10.1 Å². The molecule has 25 heavy (non-hydrogen) atoms. The Labute approximate surface area is 145 Å². The Morgan fingerprint density at radius 1 is 1.32 bits per heavy atom. The highest BCUT2D eigenvalue weighted by atomic mass is 16.6. The maximum absolute atomic E-state index is 10.7. The van der Waals surface area contributed by atoms with Gasteiger partial charge in [0.2, 0.25) is 5.95 Å². The van der Waals surface area contributed by atoms with Crippen molar-refractivity contribution in [2.75, 3.05) is 17.2 Å². The van der Waals surface area contributed by atoms with Gasteiger partial charge in [-0.1, -0.05) is 12.1 Å². The molecule has 0 saturated heterocycles. The summed E-state index contributed by atoms with van der Waals surface area (Å²) in [5.41, 5.74) is 2.00. The molecule has 1 aromatic carbocycles. The fourth-order valence-corrected chi connectivity index (χ4v) is 2.40. The maximum atomic E-state index is 10.7. The van der Waals surface area contributed by atoms with Crippen molar-refractivity contribution in [3.05, 3.63) is 51.7 Å². The SMILES string of the molecule is C[C@@H](CO)Nc1nc(NCc2ccc([N+](=O)[O-])cc2)cc(C2CC2)n1. The van der Waals surface area contributed by atoms with Crippen molar-refractivity contribution in [2.24, 2.45) is 0 Å². The van der Waals surface area contributed by atoms with Gasteiger partial charge in [-0.25, -0.2) is 4.98 Å². The van der Waals surface area contributed by atoms with Crippen LogP contribution in [0.25, 0.3) is 0 Å². The van der Waals surface area contributed by atoms with Crippen LogP contribution in [0.5, 0.6) is 0 Å². The van der Waals surface area contributed by atoms with E-state index in [1.807, 2.05) is 13.0 Å². The molecule has 1 aliphatic rings. The summed E-state index contributed by atoms with van der Waals surface area (Å²) in [6.45, 7) is 2.37. The molecule has 1 atom stereocenters. The number of nitro benzene ring substituents is 1. The topological polar surface area (TPSA) is 113 Å². The zero-order valence-corrected chi connectivity index (χ0v) is 14.0. The van der Waals surface area contributed by atoms with E-state index in [0.717, 1.165) is 24.1 Å². The zero-order valence-electron chi connectivity index (χ0n) is 14.0. The zero-order chi connectivity index (χ0) is 17.8. The third-order valence-corrected chi connectivity index (χ3v) is 4.01. The standard InChI is InChI=1S/C17H21N5O3/c1-11(10-23)19-17-20-15(13-4-5-13)8-16(21-17)18-9-12-2-6-14(7-3-12)22(24)25/h2-3,6-8,11,13,23H,4-5,9-10H2,1H3,(H2,18,19,20,21)/t11-/m0/s1. The van der Waals surface area contributed by atoms with Crippen LogP contribution in [0, 0.1) is 10.1 Å². The van der Waals surface area contributed by atoms with E-state index in [2.05, 4.69) is 20.6 Å². The van der Waals surface area contributed by atoms with Crippen LogP contribution < -0.4 is 10.6 Å². The molecule has 0 bridgehead atoms. The van der Waals surface area contributed by atoms with E-state index in [9.17, 15) is 15.2 Å². The van der Waals surface area contributed by atoms with Gasteiger partial charge in [-0.15, -0.1) is 0 Å². The van der Waals surface area contributed by atoms with Gasteiger partial charge in [-0.05, 0) is 25.3 Å². The number of hydrogen-bond donors (Lipinski definition) is 3. The van der Waals surface area contributed by atoms with E-state index < -0.39 is 4.92 Å². The molecule has 1 saturated carbocycles. The van der Waals surface area contributed by atoms with Gasteiger partial charge >= 0.3 is 0 Å². The average Bonchev–Trinajstić information content (AvgIpc) is 3.45. The molecule has 1 fully saturated rings. The highest BCUT2D eigenvalue weighted by molar-refractivity contribution is 5.45. The van der Waals surface area contributed by atoms with Gasteiger partial charge in [0, 0.05) is 36.7 Å². The highest BCUT2D eigenvalue weighted by Crippen LogP contribution is 2.39. The first-order valence-electron chi connectivity index (χ1n) is 8.28. The predicted molar refractivity (Wildman–Crippen MR) is 94.6 cm³/mol. The molecule has 3 rings (SSSR count). The summed E-state index contributed by atoms with van der Waals surface area (Å²) in [5.74, 6) is 1.67. The Balaban J connectivity index is 1.71. The second kappa shape index (κ2) is 7.43. The van der Waals surface area contributed by atoms with Gasteiger partial charge < -0.3 is 15.7 Å². The van der Waals surface area contributed by atoms with E-state index in [0.29, 0.717) is 24.2 Å². The van der Waals surface area contributed by atoms with Crippen molar-refractivity contribution in [2.45, 2.75) is 38.3 Å². The average molecular weight is 343 g/mol. The summed E-state index contributed by atoms with van der Waals surface area (Å²) >= 11 is 0. The Morgan fingerprint density at radius 3 is 2.64 bits per heavy atom. The lowest BCUT2D eigenvalue weighted by Gasteiger charge is -2.14. The molecule has 8 heteroatoms. The molecule has 0 amide bonds. The second-order valence-corrected chi connectivity index (χ2v) is 6.28. The second-order valence-electron chi connectivity index (χ2n) is 6.28. The smallest absolute Gasteiger partial charge is 0.269 e. The first-order valence-corrected chi connectivity index (χ1v) is 8.28. The van der Waals surface area contributed by atoms with Gasteiger partial charge in [0.1, 0.15) is 5.82 Å². The fourth-order valence-electron chi connectivity index (χ4n) is 2.40. The van der Waals surface area contributed by atoms with Crippen LogP contribution in [0.2, 0.25) is 0 Å². The fraction of sp³-hybridized carbons (Fsp3) is 0.412. The van der Waals surface area contributed by atoms with E-state index in [4.69, 9.17) is 0 Å². The summed E-state index contributed by atoms with van der Waals surface area (Å²) in [6, 6.07) is 8.24. The van der Waals surface area contributed by atoms with Crippen LogP contribution in [-0.2, 0) is 6.54 Å². The van der Waals surface area contributed by atoms with Crippen molar-refractivity contribution in [1.29, 1.82) is 0 Å². The molecule has 8 nitrogen and oxygen atoms in total. The number of non-ortho nitro benzene ring substituents is 1. The maximum Gasteiger partial charge on any atom is 0.269 e. The summed E-state index contributed by atoms with van der Waals surface area (Å²) in [5, 5.41) is 26.2. The molecule has 0 unspecified atom stereocenters. The van der Waals surface area contributed by atoms with Crippen LogP contribution in [0.1, 0.15) is 36.9 Å². The van der Waals surface area contributed by atoms with Crippen molar-refractivity contribution < 1.29 is 10.0 Å². The van der Waals surface area contributed by atoms with Gasteiger partial charge in [-0.2, -0.15) is 4.98 Å². The van der Waals surface area contributed by atoms with Crippen molar-refractivity contribution in [3.63, 3.8) is 0 Å². The molecule has 1 aliphatic carbocycles. The van der Waals surface area contributed by atoms with Gasteiger partial charge in [0.05, 0.1) is 17.2 Å². The summed E-state index contributed by atoms with van der Waals surface area (Å²) in [4.78, 5) is 19.2. The van der Waals surface area contributed by atoms with Crippen LogP contribution in [0.4, 0.5) is 17.5 Å². The molecular weight excluding hydrogens is 322 g/mol. The largest absolute Gasteiger partial charge is 0.394 e. The minimum absolute atomic E-state index is 0.00255. The first kappa shape index (κ1) is 17.1. The number of anilines is 2. The number of aliphatic hydroxyl groups excluding tert-OH is 1. The van der Waals surface area contributed by atoms with Crippen molar-refractivity contribution in [1.82, 2.24) is 9.97 Å². The quantitative estimate of drug-likeness (QED) is 0.499. The Bertz CT molecular complexity index is 746. The van der Waals surface area contributed by atoms with E-state index in [1.54, 1.807) is 12.1 Å². The lowest BCUT2D eigenvalue weighted by Crippen LogP contribution is -2.21. The lowest BCUT2D eigenvalue weighted by molar-refractivity contribution is -0.384. The lowest BCUT2D eigenvalue weighted by atomic mass is 10.2. The van der Waals surface area contributed by atoms with Crippen LogP contribution in [-0.4, -0.2) is 32.6 Å². The van der Waals surface area contributed by atoms with Crippen LogP contribution in [0.3, 0.4) is 0 Å². The molecule has 1 aromatic heterocycles. The third-order valence-electron chi connectivity index (χ3n) is 4.01. The third kappa shape index (κ3) is 4.63. The summed E-state index contributed by atoms with van der Waals surface area (Å²) < 4.78 is 0. The van der Waals surface area contributed by atoms with Crippen molar-refractivity contribution >= 4 is 17.5 Å². The van der Waals surface area contributed by atoms with Gasteiger partial charge in [0.15, 0.2) is 0 Å². The monoisotopic (exact) mass is 343 g/mol. The van der Waals surface area contributed by atoms with E-state index in [-0.39, 0.29) is 18.3 Å². The molecule has 1 heterocycles. The number of aromatic nitrogens is 2. The van der Waals surface area contributed by atoms with E-state index >= 15 is 0 Å². The Kier molecular flexibility index (Phi) is 5.08. The number of nitrogens with zero attached hydrogens (tertiary/aromatic N) is 3. The normalized spacial score (nSPS) is 14.8. The van der Waals surface area contributed by atoms with Crippen molar-refractivity contribution in [3.8, 4) is 0 Å². The number of hydrogen-bond acceptors (Lipinski definition) is 7. The van der Waals surface area contributed by atoms with Gasteiger partial charge in [0.25, 0.3) is 5.69 Å². The minimum atomic E-state index is -0.413. The molecule has 0 aliphatic heterocycles. The Morgan fingerprint density at radius 2 is 2.04 bits per heavy atom. The predicted octanol–water partition coefficient (Wildman–Crippen LogP) is 2.67. The highest BCUT2D eigenvalue weighted by Gasteiger charge is 2.26. The Hall–Kier alpha value is -2.74.